The molecule has 1 atom stereocenters. The van der Waals surface area contributed by atoms with E-state index in [1.807, 2.05) is 0 Å². The molecule has 0 aliphatic carbocycles. The number of carbonyl (C=O) groups excluding carboxylic acids is 2. The monoisotopic (exact) mass is 341 g/mol. The minimum absolute atomic E-state index is 0.163. The first-order chi connectivity index (χ1) is 11.1. The second-order valence-electron chi connectivity index (χ2n) is 5.41. The van der Waals surface area contributed by atoms with E-state index in [4.69, 9.17) is 4.74 Å². The molecular weight excluding hydrogens is 318 g/mol. The first kappa shape index (κ1) is 17.7. The van der Waals surface area contributed by atoms with Crippen LogP contribution in [0.1, 0.15) is 38.9 Å². The van der Waals surface area contributed by atoms with Gasteiger partial charge in [0.15, 0.2) is 5.16 Å². The largest absolute Gasteiger partial charge is 0.376 e. The van der Waals surface area contributed by atoms with E-state index in [2.05, 4.69) is 32.5 Å². The predicted octanol–water partition coefficient (Wildman–Crippen LogP) is 0.669. The SMILES string of the molecule is CCCc1nnc(SCC(=O)NNC(C)=O)n1C[C@@H]1CCCO1. The number of rotatable bonds is 7. The van der Waals surface area contributed by atoms with Crippen molar-refractivity contribution in [1.29, 1.82) is 0 Å². The zero-order valence-corrected chi connectivity index (χ0v) is 14.3. The Morgan fingerprint density at radius 3 is 2.87 bits per heavy atom. The highest BCUT2D eigenvalue weighted by Crippen LogP contribution is 2.21. The van der Waals surface area contributed by atoms with E-state index in [1.165, 1.54) is 18.7 Å². The molecule has 1 fully saturated rings. The fraction of sp³-hybridized carbons (Fsp3) is 0.714. The predicted molar refractivity (Wildman–Crippen MR) is 85.7 cm³/mol. The Kier molecular flexibility index (Phi) is 6.85. The molecule has 0 bridgehead atoms. The number of carbonyl (C=O) groups is 2. The van der Waals surface area contributed by atoms with Gasteiger partial charge >= 0.3 is 0 Å². The molecule has 1 aromatic rings. The fourth-order valence-corrected chi connectivity index (χ4v) is 3.10. The molecule has 0 radical (unpaired) electrons. The van der Waals surface area contributed by atoms with Gasteiger partial charge in [-0.2, -0.15) is 0 Å². The average molecular weight is 341 g/mol. The molecule has 2 rings (SSSR count). The molecule has 0 unspecified atom stereocenters. The molecule has 0 aromatic carbocycles. The Bertz CT molecular complexity index is 543. The maximum atomic E-state index is 11.7. The number of hydrogen-bond acceptors (Lipinski definition) is 6. The van der Waals surface area contributed by atoms with Crippen LogP contribution in [0.25, 0.3) is 0 Å². The Morgan fingerprint density at radius 1 is 1.39 bits per heavy atom. The second kappa shape index (κ2) is 8.88. The van der Waals surface area contributed by atoms with E-state index in [9.17, 15) is 9.59 Å². The Labute approximate surface area is 139 Å². The lowest BCUT2D eigenvalue weighted by Gasteiger charge is -2.14. The molecule has 2 amide bonds. The van der Waals surface area contributed by atoms with Crippen LogP contribution in [0.15, 0.2) is 5.16 Å². The number of hydrogen-bond donors (Lipinski definition) is 2. The molecule has 128 valence electrons. The lowest BCUT2D eigenvalue weighted by molar-refractivity contribution is -0.126. The minimum Gasteiger partial charge on any atom is -0.376 e. The highest BCUT2D eigenvalue weighted by atomic mass is 32.2. The molecule has 0 spiro atoms. The maximum absolute atomic E-state index is 11.7. The fourth-order valence-electron chi connectivity index (χ4n) is 2.33. The van der Waals surface area contributed by atoms with Crippen molar-refractivity contribution in [2.24, 2.45) is 0 Å². The number of amides is 2. The molecule has 1 aliphatic rings. The van der Waals surface area contributed by atoms with E-state index >= 15 is 0 Å². The van der Waals surface area contributed by atoms with Crippen LogP contribution in [0.4, 0.5) is 0 Å². The maximum Gasteiger partial charge on any atom is 0.248 e. The van der Waals surface area contributed by atoms with Crippen LogP contribution in [-0.2, 0) is 27.3 Å². The molecule has 9 heteroatoms. The number of hydrazine groups is 1. The summed E-state index contributed by atoms with van der Waals surface area (Å²) in [7, 11) is 0. The molecule has 1 aromatic heterocycles. The van der Waals surface area contributed by atoms with E-state index in [1.54, 1.807) is 0 Å². The van der Waals surface area contributed by atoms with Gasteiger partial charge in [0.1, 0.15) is 5.82 Å². The first-order valence-corrected chi connectivity index (χ1v) is 8.80. The van der Waals surface area contributed by atoms with Crippen LogP contribution < -0.4 is 10.9 Å². The summed E-state index contributed by atoms with van der Waals surface area (Å²) < 4.78 is 7.74. The number of thioether (sulfide) groups is 1. The van der Waals surface area contributed by atoms with Crippen molar-refractivity contribution in [3.05, 3.63) is 5.82 Å². The van der Waals surface area contributed by atoms with Gasteiger partial charge in [-0.1, -0.05) is 18.7 Å². The zero-order chi connectivity index (χ0) is 16.7. The third kappa shape index (κ3) is 5.51. The summed E-state index contributed by atoms with van der Waals surface area (Å²) in [4.78, 5) is 22.5. The van der Waals surface area contributed by atoms with Gasteiger partial charge < -0.3 is 9.30 Å². The summed E-state index contributed by atoms with van der Waals surface area (Å²) in [5.41, 5.74) is 4.60. The normalized spacial score (nSPS) is 17.2. The summed E-state index contributed by atoms with van der Waals surface area (Å²) in [6, 6.07) is 0. The minimum atomic E-state index is -0.310. The van der Waals surface area contributed by atoms with Crippen LogP contribution in [0.2, 0.25) is 0 Å². The van der Waals surface area contributed by atoms with Gasteiger partial charge in [0.25, 0.3) is 0 Å². The number of ether oxygens (including phenoxy) is 1. The van der Waals surface area contributed by atoms with Crippen molar-refractivity contribution in [2.45, 2.75) is 57.3 Å². The van der Waals surface area contributed by atoms with Crippen molar-refractivity contribution in [1.82, 2.24) is 25.6 Å². The van der Waals surface area contributed by atoms with Gasteiger partial charge in [-0.25, -0.2) is 0 Å². The van der Waals surface area contributed by atoms with Crippen molar-refractivity contribution in [3.8, 4) is 0 Å². The van der Waals surface area contributed by atoms with Crippen LogP contribution in [0.5, 0.6) is 0 Å². The van der Waals surface area contributed by atoms with Crippen LogP contribution in [0, 0.1) is 0 Å². The summed E-state index contributed by atoms with van der Waals surface area (Å²) in [6.45, 7) is 4.96. The topological polar surface area (TPSA) is 98.1 Å². The number of nitrogens with zero attached hydrogens (tertiary/aromatic N) is 3. The van der Waals surface area contributed by atoms with Crippen molar-refractivity contribution in [2.75, 3.05) is 12.4 Å². The quantitative estimate of drug-likeness (QED) is 0.559. The van der Waals surface area contributed by atoms with Crippen LogP contribution >= 0.6 is 11.8 Å². The van der Waals surface area contributed by atoms with Crippen LogP contribution in [-0.4, -0.2) is 45.0 Å². The summed E-state index contributed by atoms with van der Waals surface area (Å²) in [5, 5.41) is 9.14. The Hall–Kier alpha value is -1.61. The summed E-state index contributed by atoms with van der Waals surface area (Å²) in [5.74, 6) is 0.493. The van der Waals surface area contributed by atoms with Gasteiger partial charge in [0.2, 0.25) is 11.8 Å². The van der Waals surface area contributed by atoms with Crippen molar-refractivity contribution >= 4 is 23.6 Å². The smallest absolute Gasteiger partial charge is 0.248 e. The van der Waals surface area contributed by atoms with Crippen LogP contribution in [0.3, 0.4) is 0 Å². The lowest BCUT2D eigenvalue weighted by Crippen LogP contribution is -2.41. The van der Waals surface area contributed by atoms with E-state index < -0.39 is 0 Å². The van der Waals surface area contributed by atoms with Crippen molar-refractivity contribution < 1.29 is 14.3 Å². The number of aromatic nitrogens is 3. The lowest BCUT2D eigenvalue weighted by atomic mass is 10.2. The molecule has 2 N–H and O–H groups in total. The highest BCUT2D eigenvalue weighted by Gasteiger charge is 2.21. The number of nitrogens with one attached hydrogen (secondary N) is 2. The van der Waals surface area contributed by atoms with E-state index in [0.717, 1.165) is 44.7 Å². The molecule has 1 saturated heterocycles. The van der Waals surface area contributed by atoms with Crippen molar-refractivity contribution in [3.63, 3.8) is 0 Å². The zero-order valence-electron chi connectivity index (χ0n) is 13.5. The molecule has 8 nitrogen and oxygen atoms in total. The Balaban J connectivity index is 1.96. The van der Waals surface area contributed by atoms with Gasteiger partial charge in [-0.3, -0.25) is 20.4 Å². The summed E-state index contributed by atoms with van der Waals surface area (Å²) >= 11 is 1.31. The molecular formula is C14H23N5O3S. The molecule has 23 heavy (non-hydrogen) atoms. The van der Waals surface area contributed by atoms with Gasteiger partial charge in [0.05, 0.1) is 18.4 Å². The number of aryl methyl sites for hydroxylation is 1. The molecule has 2 heterocycles. The van der Waals surface area contributed by atoms with E-state index in [-0.39, 0.29) is 23.7 Å². The first-order valence-electron chi connectivity index (χ1n) is 7.82. The van der Waals surface area contributed by atoms with Gasteiger partial charge in [-0.15, -0.1) is 10.2 Å². The third-order valence-electron chi connectivity index (χ3n) is 3.39. The average Bonchev–Trinajstić information content (AvgIpc) is 3.15. The van der Waals surface area contributed by atoms with Gasteiger partial charge in [-0.05, 0) is 19.3 Å². The standard InChI is InChI=1S/C14H23N5O3S/c1-3-5-12-16-18-14(19(12)8-11-6-4-7-22-11)23-9-13(21)17-15-10(2)20/h11H,3-9H2,1-2H3,(H,15,20)(H,17,21)/t11-/m0/s1. The highest BCUT2D eigenvalue weighted by molar-refractivity contribution is 7.99. The molecule has 1 aliphatic heterocycles. The summed E-state index contributed by atoms with van der Waals surface area (Å²) in [6.07, 6.45) is 4.14. The Morgan fingerprint density at radius 2 is 2.22 bits per heavy atom. The van der Waals surface area contributed by atoms with E-state index in [0.29, 0.717) is 5.16 Å². The van der Waals surface area contributed by atoms with Gasteiger partial charge in [0, 0.05) is 20.0 Å². The third-order valence-corrected chi connectivity index (χ3v) is 4.35. The second-order valence-corrected chi connectivity index (χ2v) is 6.35. The molecule has 0 saturated carbocycles.